The number of para-hydroxylation sites is 1. The first-order valence-corrected chi connectivity index (χ1v) is 8.71. The Bertz CT molecular complexity index is 478. The summed E-state index contributed by atoms with van der Waals surface area (Å²) in [5.74, 6) is 3.86. The van der Waals surface area contributed by atoms with Crippen molar-refractivity contribution < 1.29 is 4.74 Å². The highest BCUT2D eigenvalue weighted by molar-refractivity contribution is 14.0. The van der Waals surface area contributed by atoms with Gasteiger partial charge in [0.05, 0.1) is 6.54 Å². The van der Waals surface area contributed by atoms with E-state index in [0.29, 0.717) is 12.5 Å². The van der Waals surface area contributed by atoms with Crippen molar-refractivity contribution in [2.45, 2.75) is 26.4 Å². The van der Waals surface area contributed by atoms with Crippen LogP contribution in [0.2, 0.25) is 0 Å². The number of aliphatic imine (C=N–C) groups is 1. The third kappa shape index (κ3) is 5.87. The van der Waals surface area contributed by atoms with Crippen LogP contribution in [-0.4, -0.2) is 48.1 Å². The van der Waals surface area contributed by atoms with Crippen molar-refractivity contribution >= 4 is 41.7 Å². The van der Waals surface area contributed by atoms with E-state index in [4.69, 9.17) is 10.5 Å². The first-order chi connectivity index (χ1) is 10.2. The second-order valence-electron chi connectivity index (χ2n) is 5.21. The maximum atomic E-state index is 6.09. The highest BCUT2D eigenvalue weighted by Gasteiger charge is 2.14. The Balaban J connectivity index is 0.00000242. The SMILES string of the molecule is CCC(CN=C(N)N1CCSCC1)Oc1ccccc1C.I. The standard InChI is InChI=1S/C16H25N3OS.HI/c1-3-14(20-15-7-5-4-6-13(15)2)12-18-16(17)19-8-10-21-11-9-19;/h4-7,14H,3,8-12H2,1-2H3,(H2,17,18);1H. The molecule has 0 bridgehead atoms. The Hall–Kier alpha value is -0.630. The van der Waals surface area contributed by atoms with Gasteiger partial charge in [0.15, 0.2) is 5.96 Å². The molecule has 1 aromatic carbocycles. The summed E-state index contributed by atoms with van der Waals surface area (Å²) in [5, 5.41) is 0. The largest absolute Gasteiger partial charge is 0.488 e. The number of nitrogens with two attached hydrogens (primary N) is 1. The van der Waals surface area contributed by atoms with Crippen molar-refractivity contribution in [3.05, 3.63) is 29.8 Å². The summed E-state index contributed by atoms with van der Waals surface area (Å²) in [6.45, 7) is 6.78. The van der Waals surface area contributed by atoms with Crippen LogP contribution in [0.15, 0.2) is 29.3 Å². The van der Waals surface area contributed by atoms with E-state index >= 15 is 0 Å². The van der Waals surface area contributed by atoms with E-state index < -0.39 is 0 Å². The summed E-state index contributed by atoms with van der Waals surface area (Å²) in [6.07, 6.45) is 0.991. The van der Waals surface area contributed by atoms with Gasteiger partial charge < -0.3 is 15.4 Å². The fraction of sp³-hybridized carbons (Fsp3) is 0.562. The number of guanidine groups is 1. The maximum absolute atomic E-state index is 6.09. The summed E-state index contributed by atoms with van der Waals surface area (Å²) in [4.78, 5) is 6.69. The van der Waals surface area contributed by atoms with Gasteiger partial charge >= 0.3 is 0 Å². The van der Waals surface area contributed by atoms with Crippen LogP contribution >= 0.6 is 35.7 Å². The highest BCUT2D eigenvalue weighted by Crippen LogP contribution is 2.19. The van der Waals surface area contributed by atoms with Crippen LogP contribution in [0.3, 0.4) is 0 Å². The van der Waals surface area contributed by atoms with E-state index in [1.54, 1.807) is 0 Å². The topological polar surface area (TPSA) is 50.8 Å². The molecule has 22 heavy (non-hydrogen) atoms. The maximum Gasteiger partial charge on any atom is 0.191 e. The fourth-order valence-corrected chi connectivity index (χ4v) is 3.11. The first-order valence-electron chi connectivity index (χ1n) is 7.55. The van der Waals surface area contributed by atoms with E-state index in [1.165, 1.54) is 0 Å². The summed E-state index contributed by atoms with van der Waals surface area (Å²) in [6, 6.07) is 8.09. The first kappa shape index (κ1) is 19.4. The molecule has 1 aliphatic heterocycles. The molecule has 1 aliphatic rings. The average molecular weight is 435 g/mol. The number of nitrogens with zero attached hydrogens (tertiary/aromatic N) is 2. The van der Waals surface area contributed by atoms with E-state index in [1.807, 2.05) is 30.0 Å². The van der Waals surface area contributed by atoms with Gasteiger partial charge in [0, 0.05) is 24.6 Å². The number of hydrogen-bond donors (Lipinski definition) is 1. The lowest BCUT2D eigenvalue weighted by atomic mass is 10.2. The van der Waals surface area contributed by atoms with Crippen molar-refractivity contribution in [2.24, 2.45) is 10.7 Å². The molecule has 0 aliphatic carbocycles. The summed E-state index contributed by atoms with van der Waals surface area (Å²) < 4.78 is 6.05. The molecule has 1 atom stereocenters. The number of benzene rings is 1. The van der Waals surface area contributed by atoms with Crippen LogP contribution in [0, 0.1) is 6.92 Å². The smallest absolute Gasteiger partial charge is 0.191 e. The van der Waals surface area contributed by atoms with Gasteiger partial charge in [0.2, 0.25) is 0 Å². The minimum atomic E-state index is 0. The summed E-state index contributed by atoms with van der Waals surface area (Å²) in [7, 11) is 0. The molecule has 1 aromatic rings. The molecule has 2 rings (SSSR count). The summed E-state index contributed by atoms with van der Waals surface area (Å²) in [5.41, 5.74) is 7.24. The molecule has 0 saturated carbocycles. The minimum Gasteiger partial charge on any atom is -0.488 e. The van der Waals surface area contributed by atoms with Crippen molar-refractivity contribution in [1.82, 2.24) is 4.90 Å². The third-order valence-electron chi connectivity index (χ3n) is 3.63. The highest BCUT2D eigenvalue weighted by atomic mass is 127. The van der Waals surface area contributed by atoms with Crippen LogP contribution in [0.5, 0.6) is 5.75 Å². The quantitative estimate of drug-likeness (QED) is 0.439. The zero-order valence-corrected chi connectivity index (χ0v) is 16.5. The van der Waals surface area contributed by atoms with E-state index in [-0.39, 0.29) is 30.1 Å². The molecule has 0 aromatic heterocycles. The Kier molecular flexibility index (Phi) is 9.00. The zero-order valence-electron chi connectivity index (χ0n) is 13.3. The predicted octanol–water partition coefficient (Wildman–Crippen LogP) is 3.13. The van der Waals surface area contributed by atoms with Crippen molar-refractivity contribution in [3.63, 3.8) is 0 Å². The molecular formula is C16H26IN3OS. The second kappa shape index (κ2) is 10.2. The van der Waals surface area contributed by atoms with Gasteiger partial charge in [-0.15, -0.1) is 24.0 Å². The Morgan fingerprint density at radius 2 is 2.05 bits per heavy atom. The molecule has 0 amide bonds. The molecule has 0 spiro atoms. The summed E-state index contributed by atoms with van der Waals surface area (Å²) >= 11 is 1.97. The fourth-order valence-electron chi connectivity index (χ4n) is 2.21. The molecule has 1 heterocycles. The van der Waals surface area contributed by atoms with Crippen LogP contribution in [0.1, 0.15) is 18.9 Å². The lowest BCUT2D eigenvalue weighted by Crippen LogP contribution is -2.43. The normalized spacial score (nSPS) is 16.8. The van der Waals surface area contributed by atoms with Gasteiger partial charge in [-0.2, -0.15) is 11.8 Å². The average Bonchev–Trinajstić information content (AvgIpc) is 2.53. The van der Waals surface area contributed by atoms with Crippen molar-refractivity contribution in [1.29, 1.82) is 0 Å². The Morgan fingerprint density at radius 3 is 2.68 bits per heavy atom. The molecule has 6 heteroatoms. The molecule has 4 nitrogen and oxygen atoms in total. The van der Waals surface area contributed by atoms with Crippen molar-refractivity contribution in [2.75, 3.05) is 31.1 Å². The molecular weight excluding hydrogens is 409 g/mol. The van der Waals surface area contributed by atoms with Gasteiger partial charge in [-0.25, -0.2) is 4.99 Å². The molecule has 124 valence electrons. The van der Waals surface area contributed by atoms with Crippen LogP contribution in [-0.2, 0) is 0 Å². The van der Waals surface area contributed by atoms with E-state index in [9.17, 15) is 0 Å². The number of halogens is 1. The molecule has 1 fully saturated rings. The molecule has 0 radical (unpaired) electrons. The molecule has 1 unspecified atom stereocenters. The van der Waals surface area contributed by atoms with E-state index in [0.717, 1.165) is 42.3 Å². The van der Waals surface area contributed by atoms with Gasteiger partial charge in [0.1, 0.15) is 11.9 Å². The number of aryl methyl sites for hydroxylation is 1. The van der Waals surface area contributed by atoms with Crippen LogP contribution < -0.4 is 10.5 Å². The second-order valence-corrected chi connectivity index (χ2v) is 6.44. The molecule has 2 N–H and O–H groups in total. The third-order valence-corrected chi connectivity index (χ3v) is 4.58. The van der Waals surface area contributed by atoms with Gasteiger partial charge in [0.25, 0.3) is 0 Å². The minimum absolute atomic E-state index is 0. The predicted molar refractivity (Wildman–Crippen MR) is 107 cm³/mol. The van der Waals surface area contributed by atoms with Crippen LogP contribution in [0.4, 0.5) is 0 Å². The monoisotopic (exact) mass is 435 g/mol. The van der Waals surface area contributed by atoms with Crippen molar-refractivity contribution in [3.8, 4) is 5.75 Å². The van der Waals surface area contributed by atoms with Gasteiger partial charge in [-0.1, -0.05) is 25.1 Å². The van der Waals surface area contributed by atoms with Crippen LogP contribution in [0.25, 0.3) is 0 Å². The lowest BCUT2D eigenvalue weighted by molar-refractivity contribution is 0.204. The van der Waals surface area contributed by atoms with E-state index in [2.05, 4.69) is 29.8 Å². The Labute approximate surface area is 154 Å². The Morgan fingerprint density at radius 1 is 1.36 bits per heavy atom. The zero-order chi connectivity index (χ0) is 15.1. The number of ether oxygens (including phenoxy) is 1. The van der Waals surface area contributed by atoms with Gasteiger partial charge in [-0.3, -0.25) is 0 Å². The number of hydrogen-bond acceptors (Lipinski definition) is 3. The lowest BCUT2D eigenvalue weighted by Gasteiger charge is -2.27. The molecule has 1 saturated heterocycles. The number of thioether (sulfide) groups is 1. The number of rotatable bonds is 5. The van der Waals surface area contributed by atoms with Gasteiger partial charge in [-0.05, 0) is 25.0 Å².